The Balaban J connectivity index is 0.644. The van der Waals surface area contributed by atoms with Gasteiger partial charge in [-0.25, -0.2) is 33.9 Å². The maximum absolute atomic E-state index is 13.9. The molecule has 0 bridgehead atoms. The number of methoxy groups -OCH3 is 1. The van der Waals surface area contributed by atoms with Crippen molar-refractivity contribution in [3.63, 3.8) is 0 Å². The number of ether oxygens (including phenoxy) is 8. The number of likely N-dealkylation sites (N-methyl/N-ethyl adjacent to an activating group) is 5. The summed E-state index contributed by atoms with van der Waals surface area (Å²) in [5, 5.41) is 55.2. The zero-order valence-electron chi connectivity index (χ0n) is 57.7. The fourth-order valence-electron chi connectivity index (χ4n) is 12.6. The molecule has 6 aromatic rings. The van der Waals surface area contributed by atoms with E-state index in [2.05, 4.69) is 32.8 Å². The summed E-state index contributed by atoms with van der Waals surface area (Å²) in [6.45, 7) is 4.34. The number of carbonyl (C=O) groups is 7. The van der Waals surface area contributed by atoms with E-state index in [1.54, 1.807) is 44.4 Å². The number of fused-ring (bicyclic) bond motifs is 6. The summed E-state index contributed by atoms with van der Waals surface area (Å²) in [7, 11) is 9.64. The molecule has 31 heteroatoms. The van der Waals surface area contributed by atoms with Gasteiger partial charge in [-0.05, 0) is 84.2 Å². The maximum Gasteiger partial charge on any atom is 0.415 e. The topological polar surface area (TPSA) is 364 Å². The largest absolute Gasteiger partial charge is 0.493 e. The number of hydrogen-bond acceptors (Lipinski definition) is 22. The number of nitriles is 1. The number of hydrogen-bond donors (Lipinski definition) is 5. The molecule has 5 N–H and O–H groups in total. The average molecular weight is 1400 g/mol. The molecule has 6 amide bonds. The van der Waals surface area contributed by atoms with Crippen molar-refractivity contribution in [2.24, 2.45) is 5.92 Å². The van der Waals surface area contributed by atoms with E-state index in [9.17, 15) is 54.0 Å². The molecule has 0 aliphatic carbocycles. The number of aliphatic hydroxyl groups is 3. The highest BCUT2D eigenvalue weighted by atomic mass is 16.7. The molecule has 10 rings (SSSR count). The molecule has 101 heavy (non-hydrogen) atoms. The van der Waals surface area contributed by atoms with E-state index >= 15 is 0 Å². The van der Waals surface area contributed by atoms with Gasteiger partial charge >= 0.3 is 30.3 Å². The molecule has 3 aromatic heterocycles. The minimum absolute atomic E-state index is 0.0412. The SMILES string of the molecule is COc1ccc2cc3[n+](cc2c1OC(=O)N(C)CCN(C)C(=O)OCCCCCCCCCC(=O)Nc1cc(COC(=O)N(C)CCN(C)C(=O)n2ccc4c(N(C)[C@H]5CN(C(=O)CC#N)CC[C@H]5C)ncnc42)ccc1O[C@@H]1OC(C(=O)O)[C@@H](O)[C@H](O)[C@H]1O)CCc1cc2c(cc1-3)OCO2. The third-order valence-corrected chi connectivity index (χ3v) is 18.8. The van der Waals surface area contributed by atoms with E-state index in [-0.39, 0.29) is 94.1 Å². The predicted molar refractivity (Wildman–Crippen MR) is 362 cm³/mol. The Bertz CT molecular complexity index is 4070. The average Bonchev–Trinajstić information content (AvgIpc) is 1.68. The number of aromatic nitrogens is 4. The Morgan fingerprint density at radius 2 is 1.46 bits per heavy atom. The van der Waals surface area contributed by atoms with Crippen LogP contribution in [0.5, 0.6) is 28.7 Å². The second-order valence-corrected chi connectivity index (χ2v) is 25.8. The quantitative estimate of drug-likeness (QED) is 0.0286. The Kier molecular flexibility index (Phi) is 24.2. The van der Waals surface area contributed by atoms with Crippen LogP contribution in [0.3, 0.4) is 0 Å². The zero-order valence-corrected chi connectivity index (χ0v) is 57.7. The smallest absolute Gasteiger partial charge is 0.415 e. The van der Waals surface area contributed by atoms with Crippen LogP contribution in [0.1, 0.15) is 82.3 Å². The first-order chi connectivity index (χ1) is 48.5. The first kappa shape index (κ1) is 73.4. The molecule has 7 heterocycles. The number of benzene rings is 3. The summed E-state index contributed by atoms with van der Waals surface area (Å²) in [5.74, 6) is 0.521. The van der Waals surface area contributed by atoms with Gasteiger partial charge in [-0.2, -0.15) is 9.83 Å². The van der Waals surface area contributed by atoms with Crippen LogP contribution < -0.4 is 38.5 Å². The fraction of sp³-hybridized carbons (Fsp3) is 0.500. The van der Waals surface area contributed by atoms with Gasteiger partial charge in [0.15, 0.2) is 47.5 Å². The van der Waals surface area contributed by atoms with Crippen molar-refractivity contribution in [3.8, 4) is 46.1 Å². The first-order valence-electron chi connectivity index (χ1n) is 33.7. The van der Waals surface area contributed by atoms with Crippen molar-refractivity contribution in [2.45, 2.75) is 127 Å². The van der Waals surface area contributed by atoms with Gasteiger partial charge < -0.3 is 93.0 Å². The van der Waals surface area contributed by atoms with E-state index in [1.165, 1.54) is 62.9 Å². The lowest BCUT2D eigenvalue weighted by atomic mass is 9.92. The van der Waals surface area contributed by atoms with Crippen LogP contribution in [0.2, 0.25) is 0 Å². The summed E-state index contributed by atoms with van der Waals surface area (Å²) in [4.78, 5) is 110. The number of likely N-dealkylation sites (tertiary alicyclic amines) is 1. The molecule has 4 aliphatic heterocycles. The molecule has 0 radical (unpaired) electrons. The molecule has 3 aromatic carbocycles. The van der Waals surface area contributed by atoms with Gasteiger partial charge in [-0.1, -0.05) is 45.1 Å². The van der Waals surface area contributed by atoms with E-state index < -0.39 is 66.9 Å². The number of aryl methyl sites for hydroxylation is 2. The zero-order chi connectivity index (χ0) is 72.2. The number of nitrogens with one attached hydrogen (secondary N) is 1. The Morgan fingerprint density at radius 3 is 2.18 bits per heavy atom. The normalized spacial score (nSPS) is 18.9. The van der Waals surface area contributed by atoms with Gasteiger partial charge in [0.05, 0.1) is 47.9 Å². The van der Waals surface area contributed by atoms with E-state index in [0.717, 1.165) is 66.5 Å². The Labute approximate surface area is 583 Å². The summed E-state index contributed by atoms with van der Waals surface area (Å²) in [6, 6.07) is 17.2. The van der Waals surface area contributed by atoms with Crippen molar-refractivity contribution in [1.29, 1.82) is 5.26 Å². The summed E-state index contributed by atoms with van der Waals surface area (Å²) in [5.41, 5.74) is 3.98. The number of anilines is 2. The number of pyridine rings is 1. The molecule has 0 spiro atoms. The minimum Gasteiger partial charge on any atom is -0.493 e. The number of piperidine rings is 1. The number of carboxylic acids is 1. The fourth-order valence-corrected chi connectivity index (χ4v) is 12.6. The van der Waals surface area contributed by atoms with Crippen LogP contribution >= 0.6 is 0 Å². The number of rotatable bonds is 27. The lowest BCUT2D eigenvalue weighted by Crippen LogP contribution is -2.61. The van der Waals surface area contributed by atoms with Crippen LogP contribution in [-0.4, -0.2) is 233 Å². The number of aliphatic hydroxyl groups excluding tert-OH is 3. The summed E-state index contributed by atoms with van der Waals surface area (Å²) < 4.78 is 48.8. The number of carboxylic acid groups (broad SMARTS) is 1. The predicted octanol–water partition coefficient (Wildman–Crippen LogP) is 6.12. The van der Waals surface area contributed by atoms with Crippen molar-refractivity contribution in [1.82, 2.24) is 39.0 Å². The molecule has 7 atom stereocenters. The lowest BCUT2D eigenvalue weighted by Gasteiger charge is -2.42. The highest BCUT2D eigenvalue weighted by Crippen LogP contribution is 2.42. The van der Waals surface area contributed by atoms with Gasteiger partial charge in [0.1, 0.15) is 49.2 Å². The second-order valence-electron chi connectivity index (χ2n) is 25.8. The molecule has 0 saturated carbocycles. The van der Waals surface area contributed by atoms with E-state index in [1.807, 2.05) is 42.4 Å². The van der Waals surface area contributed by atoms with Crippen LogP contribution in [0.4, 0.5) is 30.7 Å². The third-order valence-electron chi connectivity index (χ3n) is 18.8. The number of unbranched alkanes of at least 4 members (excludes halogenated alkanes) is 6. The monoisotopic (exact) mass is 1400 g/mol. The van der Waals surface area contributed by atoms with Gasteiger partial charge in [0, 0.05) is 99.6 Å². The van der Waals surface area contributed by atoms with Crippen LogP contribution in [0, 0.1) is 17.2 Å². The van der Waals surface area contributed by atoms with Gasteiger partial charge in [-0.3, -0.25) is 14.2 Å². The van der Waals surface area contributed by atoms with E-state index in [0.29, 0.717) is 78.2 Å². The minimum atomic E-state index is -1.98. The van der Waals surface area contributed by atoms with Crippen molar-refractivity contribution < 1.29 is 96.4 Å². The molecule has 540 valence electrons. The molecule has 2 fully saturated rings. The standard InChI is InChI=1S/C70H86N12O19/c1-42-21-25-81(57(84)20-24-71)38-51(42)79(6)63-46-23-27-82(64(46)73-40-72-63)67(90)75(2)28-29-77(4)69(92)96-39-43-16-18-52(99-66-60(87)58(85)59(86)62(100-66)65(88)89)49(33-43)74-56(83)15-13-11-9-8-10-12-14-32-95-68(91)76(3)30-31-78(5)70(93)101-61-48-37-80-26-22-45-35-54-55(98-41-97-54)36-47(45)50(80)34-44(48)17-19-53(61)94-7/h16-19,23,27,33-37,40,42,51,58-60,62,66,85-87H,8-15,20-22,25-26,28-32,38-39,41H2,1-7H3,(H-,74,83,88,89)/p+1/t42-,51+,58+,59+,60-,62?,66-/m1/s1. The third kappa shape index (κ3) is 17.3. The molecular weight excluding hydrogens is 1310 g/mol. The van der Waals surface area contributed by atoms with Crippen LogP contribution in [-0.2, 0) is 48.2 Å². The number of nitrogens with zero attached hydrogens (tertiary/aromatic N) is 11. The number of carbonyl (C=O) groups excluding carboxylic acids is 6. The molecular formula is C70H87N12O19+. The molecule has 1 unspecified atom stereocenters. The van der Waals surface area contributed by atoms with Crippen LogP contribution in [0.15, 0.2) is 73.3 Å². The van der Waals surface area contributed by atoms with Gasteiger partial charge in [0.25, 0.3) is 0 Å². The molecule has 2 saturated heterocycles. The first-order valence-corrected chi connectivity index (χ1v) is 33.7. The van der Waals surface area contributed by atoms with Gasteiger partial charge in [-0.15, -0.1) is 0 Å². The van der Waals surface area contributed by atoms with Crippen molar-refractivity contribution >= 4 is 75.4 Å². The maximum atomic E-state index is 13.9. The van der Waals surface area contributed by atoms with E-state index in [4.69, 9.17) is 43.2 Å². The van der Waals surface area contributed by atoms with Crippen molar-refractivity contribution in [3.05, 3.63) is 84.4 Å². The summed E-state index contributed by atoms with van der Waals surface area (Å²) in [6.07, 6.45) is -0.00200. The highest BCUT2D eigenvalue weighted by molar-refractivity contribution is 5.96. The summed E-state index contributed by atoms with van der Waals surface area (Å²) >= 11 is 0. The van der Waals surface area contributed by atoms with Gasteiger partial charge in [0.2, 0.25) is 30.6 Å². The second kappa shape index (κ2) is 33.3. The lowest BCUT2D eigenvalue weighted by molar-refractivity contribution is -0.686. The van der Waals surface area contributed by atoms with Crippen molar-refractivity contribution in [2.75, 3.05) is 105 Å². The number of amides is 6. The Hall–Kier alpha value is -10.3. The molecule has 4 aliphatic rings. The highest BCUT2D eigenvalue weighted by Gasteiger charge is 2.48. The Morgan fingerprint density at radius 1 is 0.772 bits per heavy atom. The van der Waals surface area contributed by atoms with Crippen LogP contribution in [0.25, 0.3) is 33.1 Å². The molecule has 31 nitrogen and oxygen atoms in total. The number of aliphatic carboxylic acids is 1.